The maximum absolute atomic E-state index is 11.7. The number of rotatable bonds is 6. The second-order valence-electron chi connectivity index (χ2n) is 5.05. The van der Waals surface area contributed by atoms with E-state index in [0.717, 1.165) is 18.4 Å². The molecule has 1 aromatic carbocycles. The van der Waals surface area contributed by atoms with E-state index in [1.165, 1.54) is 17.5 Å². The molecule has 0 spiro atoms. The molecular formula is C16H18N2O3. The number of nitrogens with zero attached hydrogens (tertiary/aromatic N) is 1. The summed E-state index contributed by atoms with van der Waals surface area (Å²) < 4.78 is 4.92. The van der Waals surface area contributed by atoms with Crippen LogP contribution in [0.5, 0.6) is 0 Å². The van der Waals surface area contributed by atoms with Crippen LogP contribution in [0.2, 0.25) is 0 Å². The highest BCUT2D eigenvalue weighted by Gasteiger charge is 2.13. The third-order valence-electron chi connectivity index (χ3n) is 3.43. The van der Waals surface area contributed by atoms with Crippen LogP contribution in [0.15, 0.2) is 18.2 Å². The summed E-state index contributed by atoms with van der Waals surface area (Å²) >= 11 is 0. The largest absolute Gasteiger partial charge is 0.455 e. The van der Waals surface area contributed by atoms with E-state index in [1.807, 2.05) is 12.1 Å². The minimum absolute atomic E-state index is 0.179. The lowest BCUT2D eigenvalue weighted by Gasteiger charge is -2.07. The monoisotopic (exact) mass is 286 g/mol. The first-order valence-corrected chi connectivity index (χ1v) is 7.09. The number of fused-ring (bicyclic) bond motifs is 1. The second kappa shape index (κ2) is 7.44. The minimum Gasteiger partial charge on any atom is -0.455 e. The molecule has 2 rings (SSSR count). The Balaban J connectivity index is 1.74. The van der Waals surface area contributed by atoms with Gasteiger partial charge in [0.05, 0.1) is 18.9 Å². The van der Waals surface area contributed by atoms with Crippen molar-refractivity contribution in [2.24, 2.45) is 0 Å². The molecule has 0 unspecified atom stereocenters. The fourth-order valence-corrected chi connectivity index (χ4v) is 2.41. The molecule has 5 nitrogen and oxygen atoms in total. The number of ether oxygens (including phenoxy) is 1. The standard InChI is InChI=1S/C16H18N2O3/c17-7-2-8-18-15(19)11-21-16(20)10-12-5-6-13-3-1-4-14(13)9-12/h5-6,9H,1-4,8,10-11H2,(H,18,19). The number of carbonyl (C=O) groups excluding carboxylic acids is 2. The molecule has 0 saturated carbocycles. The predicted octanol–water partition coefficient (Wildman–Crippen LogP) is 1.29. The third-order valence-corrected chi connectivity index (χ3v) is 3.43. The second-order valence-corrected chi connectivity index (χ2v) is 5.05. The summed E-state index contributed by atoms with van der Waals surface area (Å²) in [5.74, 6) is -0.795. The normalized spacial score (nSPS) is 12.3. The number of amides is 1. The summed E-state index contributed by atoms with van der Waals surface area (Å²) in [5.41, 5.74) is 3.60. The fraction of sp³-hybridized carbons (Fsp3) is 0.438. The van der Waals surface area contributed by atoms with Gasteiger partial charge in [-0.2, -0.15) is 5.26 Å². The van der Waals surface area contributed by atoms with Gasteiger partial charge in [-0.15, -0.1) is 0 Å². The highest BCUT2D eigenvalue weighted by molar-refractivity contribution is 5.81. The molecule has 0 saturated heterocycles. The fourth-order valence-electron chi connectivity index (χ4n) is 2.41. The highest BCUT2D eigenvalue weighted by Crippen LogP contribution is 2.23. The van der Waals surface area contributed by atoms with Gasteiger partial charge in [0, 0.05) is 6.54 Å². The van der Waals surface area contributed by atoms with Crippen molar-refractivity contribution in [1.29, 1.82) is 5.26 Å². The van der Waals surface area contributed by atoms with Gasteiger partial charge >= 0.3 is 5.97 Å². The summed E-state index contributed by atoms with van der Waals surface area (Å²) in [4.78, 5) is 23.0. The molecule has 0 bridgehead atoms. The van der Waals surface area contributed by atoms with Crippen molar-refractivity contribution < 1.29 is 14.3 Å². The average molecular weight is 286 g/mol. The molecule has 1 N–H and O–H groups in total. The van der Waals surface area contributed by atoms with Gasteiger partial charge in [-0.25, -0.2) is 0 Å². The number of aryl methyl sites for hydroxylation is 2. The molecule has 0 aromatic heterocycles. The lowest BCUT2D eigenvalue weighted by Crippen LogP contribution is -2.29. The molecule has 1 amide bonds. The van der Waals surface area contributed by atoms with Gasteiger partial charge in [-0.05, 0) is 36.0 Å². The number of nitrogens with one attached hydrogen (secondary N) is 1. The van der Waals surface area contributed by atoms with E-state index < -0.39 is 5.97 Å². The number of hydrogen-bond acceptors (Lipinski definition) is 4. The molecule has 0 aliphatic heterocycles. The van der Waals surface area contributed by atoms with Gasteiger partial charge in [0.1, 0.15) is 0 Å². The van der Waals surface area contributed by atoms with E-state index in [1.54, 1.807) is 0 Å². The Morgan fingerprint density at radius 1 is 1.29 bits per heavy atom. The van der Waals surface area contributed by atoms with E-state index in [2.05, 4.69) is 17.4 Å². The zero-order chi connectivity index (χ0) is 15.1. The Morgan fingerprint density at radius 2 is 2.10 bits per heavy atom. The highest BCUT2D eigenvalue weighted by atomic mass is 16.5. The summed E-state index contributed by atoms with van der Waals surface area (Å²) in [5, 5.41) is 10.8. The van der Waals surface area contributed by atoms with Crippen LogP contribution in [-0.4, -0.2) is 25.0 Å². The Kier molecular flexibility index (Phi) is 5.33. The summed E-state index contributed by atoms with van der Waals surface area (Å²) in [6.07, 6.45) is 3.78. The quantitative estimate of drug-likeness (QED) is 0.631. The molecule has 1 aromatic rings. The molecule has 1 aliphatic rings. The van der Waals surface area contributed by atoms with E-state index in [4.69, 9.17) is 10.00 Å². The third kappa shape index (κ3) is 4.60. The Morgan fingerprint density at radius 3 is 2.90 bits per heavy atom. The molecule has 110 valence electrons. The Hall–Kier alpha value is -2.35. The first kappa shape index (κ1) is 15.0. The van der Waals surface area contributed by atoms with Crippen molar-refractivity contribution in [1.82, 2.24) is 5.32 Å². The summed E-state index contributed by atoms with van der Waals surface area (Å²) in [6, 6.07) is 7.98. The van der Waals surface area contributed by atoms with E-state index >= 15 is 0 Å². The predicted molar refractivity (Wildman–Crippen MR) is 76.4 cm³/mol. The SMILES string of the molecule is N#CCCNC(=O)COC(=O)Cc1ccc2c(c1)CCC2. The smallest absolute Gasteiger partial charge is 0.310 e. The first-order chi connectivity index (χ1) is 10.2. The van der Waals surface area contributed by atoms with Crippen LogP contribution in [0.4, 0.5) is 0 Å². The minimum atomic E-state index is -0.414. The molecule has 21 heavy (non-hydrogen) atoms. The average Bonchev–Trinajstić information content (AvgIpc) is 2.93. The zero-order valence-corrected chi connectivity index (χ0v) is 11.9. The molecule has 0 heterocycles. The maximum Gasteiger partial charge on any atom is 0.310 e. The van der Waals surface area contributed by atoms with Gasteiger partial charge in [-0.3, -0.25) is 9.59 Å². The van der Waals surface area contributed by atoms with Crippen molar-refractivity contribution in [2.45, 2.75) is 32.1 Å². The van der Waals surface area contributed by atoms with Gasteiger partial charge < -0.3 is 10.1 Å². The van der Waals surface area contributed by atoms with Crippen molar-refractivity contribution in [3.63, 3.8) is 0 Å². The molecule has 0 atom stereocenters. The summed E-state index contributed by atoms with van der Waals surface area (Å²) in [6.45, 7) is -0.0209. The lowest BCUT2D eigenvalue weighted by molar-refractivity contribution is -0.147. The Labute approximate surface area is 123 Å². The number of carbonyl (C=O) groups is 2. The van der Waals surface area contributed by atoms with Crippen LogP contribution in [0.1, 0.15) is 29.5 Å². The van der Waals surface area contributed by atoms with E-state index in [-0.39, 0.29) is 31.9 Å². The number of benzene rings is 1. The molecule has 1 aliphatic carbocycles. The van der Waals surface area contributed by atoms with Crippen molar-refractivity contribution in [2.75, 3.05) is 13.2 Å². The van der Waals surface area contributed by atoms with Crippen LogP contribution in [0, 0.1) is 11.3 Å². The topological polar surface area (TPSA) is 79.2 Å². The molecular weight excluding hydrogens is 268 g/mol. The van der Waals surface area contributed by atoms with Gasteiger partial charge in [0.15, 0.2) is 6.61 Å². The Bertz CT molecular complexity index is 575. The molecule has 5 heteroatoms. The lowest BCUT2D eigenvalue weighted by atomic mass is 10.0. The van der Waals surface area contributed by atoms with Crippen molar-refractivity contribution >= 4 is 11.9 Å². The van der Waals surface area contributed by atoms with Crippen LogP contribution in [-0.2, 0) is 33.6 Å². The van der Waals surface area contributed by atoms with Crippen LogP contribution in [0.3, 0.4) is 0 Å². The van der Waals surface area contributed by atoms with Crippen molar-refractivity contribution in [3.05, 3.63) is 34.9 Å². The van der Waals surface area contributed by atoms with Gasteiger partial charge in [-0.1, -0.05) is 18.2 Å². The number of esters is 1. The van der Waals surface area contributed by atoms with Crippen molar-refractivity contribution in [3.8, 4) is 6.07 Å². The van der Waals surface area contributed by atoms with Crippen LogP contribution < -0.4 is 5.32 Å². The van der Waals surface area contributed by atoms with Crippen LogP contribution in [0.25, 0.3) is 0 Å². The first-order valence-electron chi connectivity index (χ1n) is 7.09. The summed E-state index contributed by atoms with van der Waals surface area (Å²) in [7, 11) is 0. The van der Waals surface area contributed by atoms with Gasteiger partial charge in [0.2, 0.25) is 0 Å². The van der Waals surface area contributed by atoms with Gasteiger partial charge in [0.25, 0.3) is 5.91 Å². The van der Waals surface area contributed by atoms with E-state index in [0.29, 0.717) is 0 Å². The van der Waals surface area contributed by atoms with Crippen LogP contribution >= 0.6 is 0 Å². The molecule has 0 fully saturated rings. The maximum atomic E-state index is 11.7. The number of hydrogen-bond donors (Lipinski definition) is 1. The zero-order valence-electron chi connectivity index (χ0n) is 11.9. The number of nitriles is 1. The van der Waals surface area contributed by atoms with E-state index in [9.17, 15) is 9.59 Å². The molecule has 0 radical (unpaired) electrons.